The van der Waals surface area contributed by atoms with Gasteiger partial charge in [-0.3, -0.25) is 0 Å². The van der Waals surface area contributed by atoms with Crippen molar-refractivity contribution in [2.45, 2.75) is 6.92 Å². The normalized spacial score (nSPS) is 11.5. The summed E-state index contributed by atoms with van der Waals surface area (Å²) in [6, 6.07) is 42.5. The maximum Gasteiger partial charge on any atom is 0.113 e. The Morgan fingerprint density at radius 3 is 1.86 bits per heavy atom. The molecule has 0 aliphatic carbocycles. The van der Waals surface area contributed by atoms with E-state index in [1.54, 1.807) is 0 Å². The summed E-state index contributed by atoms with van der Waals surface area (Å²) in [6.07, 6.45) is 3.93. The van der Waals surface area contributed by atoms with Gasteiger partial charge in [0.2, 0.25) is 0 Å². The monoisotopic (exact) mass is 541 g/mol. The minimum absolute atomic E-state index is 0.824. The predicted octanol–water partition coefficient (Wildman–Crippen LogP) is 8.93. The molecule has 5 heteroatoms. The van der Waals surface area contributed by atoms with Gasteiger partial charge in [-0.25, -0.2) is 4.68 Å². The van der Waals surface area contributed by atoms with Gasteiger partial charge in [-0.05, 0) is 55.5 Å². The zero-order valence-electron chi connectivity index (χ0n) is 23.1. The van der Waals surface area contributed by atoms with Gasteiger partial charge in [0.15, 0.2) is 0 Å². The molecular formula is C37H27N5. The van der Waals surface area contributed by atoms with Crippen LogP contribution < -0.4 is 0 Å². The first-order valence-electron chi connectivity index (χ1n) is 14.1. The highest BCUT2D eigenvalue weighted by atomic mass is 15.4. The quantitative estimate of drug-likeness (QED) is 0.218. The first kappa shape index (κ1) is 24.1. The molecule has 0 radical (unpaired) electrons. The summed E-state index contributed by atoms with van der Waals surface area (Å²) in [7, 11) is 0. The Morgan fingerprint density at radius 1 is 0.595 bits per heavy atom. The molecule has 0 unspecified atom stereocenters. The minimum atomic E-state index is 0.824. The highest BCUT2D eigenvalue weighted by molar-refractivity contribution is 6.09. The van der Waals surface area contributed by atoms with E-state index in [-0.39, 0.29) is 0 Å². The molecule has 0 fully saturated rings. The van der Waals surface area contributed by atoms with Crippen LogP contribution in [0.3, 0.4) is 0 Å². The summed E-state index contributed by atoms with van der Waals surface area (Å²) < 4.78 is 6.45. The molecule has 0 aliphatic heterocycles. The molecular weight excluding hydrogens is 514 g/mol. The SMILES string of the molecule is C=Cc1c(C)n(-c2ccc(-c3cn(-c4cccc(-n5c6ccccc6c6ccccc65)c4)nn3)cc2)c2ccccc12. The van der Waals surface area contributed by atoms with Crippen molar-refractivity contribution in [3.8, 4) is 28.3 Å². The lowest BCUT2D eigenvalue weighted by Gasteiger charge is -2.10. The Kier molecular flexibility index (Phi) is 5.44. The van der Waals surface area contributed by atoms with Gasteiger partial charge in [0.05, 0.1) is 28.4 Å². The van der Waals surface area contributed by atoms with Gasteiger partial charge in [-0.15, -0.1) is 5.10 Å². The van der Waals surface area contributed by atoms with Crippen molar-refractivity contribution >= 4 is 38.8 Å². The molecule has 42 heavy (non-hydrogen) atoms. The van der Waals surface area contributed by atoms with Gasteiger partial charge < -0.3 is 9.13 Å². The largest absolute Gasteiger partial charge is 0.313 e. The molecule has 0 atom stereocenters. The molecule has 0 spiro atoms. The average molecular weight is 542 g/mol. The smallest absolute Gasteiger partial charge is 0.113 e. The summed E-state index contributed by atoms with van der Waals surface area (Å²) in [6.45, 7) is 6.19. The van der Waals surface area contributed by atoms with Crippen molar-refractivity contribution in [3.05, 3.63) is 145 Å². The van der Waals surface area contributed by atoms with Gasteiger partial charge in [0.1, 0.15) is 5.69 Å². The number of aromatic nitrogens is 5. The van der Waals surface area contributed by atoms with Crippen LogP contribution in [0.1, 0.15) is 11.3 Å². The van der Waals surface area contributed by atoms with E-state index in [4.69, 9.17) is 0 Å². The second-order valence-electron chi connectivity index (χ2n) is 10.5. The zero-order valence-corrected chi connectivity index (χ0v) is 23.1. The minimum Gasteiger partial charge on any atom is -0.313 e. The first-order chi connectivity index (χ1) is 20.7. The van der Waals surface area contributed by atoms with Crippen LogP contribution in [0.5, 0.6) is 0 Å². The lowest BCUT2D eigenvalue weighted by Crippen LogP contribution is -1.99. The second-order valence-corrected chi connectivity index (χ2v) is 10.5. The zero-order chi connectivity index (χ0) is 28.2. The number of hydrogen-bond donors (Lipinski definition) is 0. The standard InChI is InChI=1S/C37H27N5/c1-3-30-25(2)41(35-16-7-4-13-31(30)35)27-21-19-26(20-22-27)34-24-40(39-38-34)28-11-10-12-29(23-28)42-36-17-8-5-14-32(36)33-15-6-9-18-37(33)42/h3-24H,1H2,2H3. The molecule has 0 aliphatic rings. The van der Waals surface area contributed by atoms with E-state index in [2.05, 4.69) is 154 Å². The lowest BCUT2D eigenvalue weighted by atomic mass is 10.1. The summed E-state index contributed by atoms with van der Waals surface area (Å²) in [4.78, 5) is 0. The van der Waals surface area contributed by atoms with Gasteiger partial charge in [0.25, 0.3) is 0 Å². The third-order valence-electron chi connectivity index (χ3n) is 8.21. The van der Waals surface area contributed by atoms with Crippen molar-refractivity contribution in [1.82, 2.24) is 24.1 Å². The van der Waals surface area contributed by atoms with Gasteiger partial charge in [-0.1, -0.05) is 90.7 Å². The highest BCUT2D eigenvalue weighted by Crippen LogP contribution is 2.33. The molecule has 0 bridgehead atoms. The summed E-state index contributed by atoms with van der Waals surface area (Å²) in [5, 5.41) is 12.7. The van der Waals surface area contributed by atoms with E-state index in [9.17, 15) is 0 Å². The van der Waals surface area contributed by atoms with Crippen LogP contribution in [0.15, 0.2) is 134 Å². The Balaban J connectivity index is 1.15. The van der Waals surface area contributed by atoms with Crippen molar-refractivity contribution in [2.75, 3.05) is 0 Å². The van der Waals surface area contributed by atoms with Crippen LogP contribution in [-0.2, 0) is 0 Å². The van der Waals surface area contributed by atoms with Crippen LogP contribution >= 0.6 is 0 Å². The number of fused-ring (bicyclic) bond motifs is 4. The molecule has 0 saturated carbocycles. The van der Waals surface area contributed by atoms with E-state index in [0.29, 0.717) is 0 Å². The van der Waals surface area contributed by atoms with Crippen molar-refractivity contribution in [3.63, 3.8) is 0 Å². The average Bonchev–Trinajstić information content (AvgIpc) is 3.74. The first-order valence-corrected chi connectivity index (χ1v) is 14.1. The van der Waals surface area contributed by atoms with Crippen LogP contribution in [0.25, 0.3) is 67.1 Å². The molecule has 8 rings (SSSR count). The predicted molar refractivity (Wildman–Crippen MR) is 173 cm³/mol. The number of hydrogen-bond acceptors (Lipinski definition) is 2. The Hall–Kier alpha value is -5.68. The molecule has 200 valence electrons. The molecule has 0 amide bonds. The van der Waals surface area contributed by atoms with Crippen LogP contribution in [0, 0.1) is 6.92 Å². The maximum absolute atomic E-state index is 4.53. The Labute approximate surface area is 243 Å². The molecule has 5 nitrogen and oxygen atoms in total. The maximum atomic E-state index is 4.53. The summed E-state index contributed by atoms with van der Waals surface area (Å²) in [5.74, 6) is 0. The topological polar surface area (TPSA) is 40.6 Å². The molecule has 5 aromatic carbocycles. The number of rotatable bonds is 5. The lowest BCUT2D eigenvalue weighted by molar-refractivity contribution is 0.803. The molecule has 0 N–H and O–H groups in total. The van der Waals surface area contributed by atoms with Gasteiger partial charge >= 0.3 is 0 Å². The fourth-order valence-electron chi connectivity index (χ4n) is 6.26. The summed E-state index contributed by atoms with van der Waals surface area (Å²) >= 11 is 0. The molecule has 8 aromatic rings. The fraction of sp³-hybridized carbons (Fsp3) is 0.0270. The third-order valence-corrected chi connectivity index (χ3v) is 8.21. The number of benzene rings is 5. The second kappa shape index (κ2) is 9.46. The third kappa shape index (κ3) is 3.64. The van der Waals surface area contributed by atoms with Crippen molar-refractivity contribution < 1.29 is 0 Å². The summed E-state index contributed by atoms with van der Waals surface area (Å²) in [5.41, 5.74) is 10.9. The number of nitrogens with zero attached hydrogens (tertiary/aromatic N) is 5. The van der Waals surface area contributed by atoms with E-state index >= 15 is 0 Å². The molecule has 0 saturated heterocycles. The van der Waals surface area contributed by atoms with E-state index in [1.807, 2.05) is 17.0 Å². The van der Waals surface area contributed by atoms with Gasteiger partial charge in [0, 0.05) is 44.4 Å². The van der Waals surface area contributed by atoms with E-state index < -0.39 is 0 Å². The molecule has 3 heterocycles. The van der Waals surface area contributed by atoms with Crippen LogP contribution in [0.4, 0.5) is 0 Å². The van der Waals surface area contributed by atoms with E-state index in [1.165, 1.54) is 44.0 Å². The number of para-hydroxylation sites is 3. The van der Waals surface area contributed by atoms with Crippen LogP contribution in [0.2, 0.25) is 0 Å². The Morgan fingerprint density at radius 2 is 1.19 bits per heavy atom. The highest BCUT2D eigenvalue weighted by Gasteiger charge is 2.15. The fourth-order valence-corrected chi connectivity index (χ4v) is 6.26. The van der Waals surface area contributed by atoms with E-state index in [0.717, 1.165) is 28.3 Å². The van der Waals surface area contributed by atoms with Crippen molar-refractivity contribution in [2.24, 2.45) is 0 Å². The molecule has 3 aromatic heterocycles. The van der Waals surface area contributed by atoms with Crippen LogP contribution in [-0.4, -0.2) is 24.1 Å². The van der Waals surface area contributed by atoms with Crippen molar-refractivity contribution in [1.29, 1.82) is 0 Å². The van der Waals surface area contributed by atoms with Gasteiger partial charge in [-0.2, -0.15) is 0 Å². The Bertz CT molecular complexity index is 2220.